The van der Waals surface area contributed by atoms with Crippen molar-refractivity contribution in [3.63, 3.8) is 0 Å². The maximum absolute atomic E-state index is 6.26. The van der Waals surface area contributed by atoms with E-state index in [-0.39, 0.29) is 5.54 Å². The molecule has 0 bridgehead atoms. The van der Waals surface area contributed by atoms with Gasteiger partial charge in [-0.05, 0) is 25.7 Å². The number of ether oxygens (including phenoxy) is 1. The third kappa shape index (κ3) is 2.27. The number of hydrogen-bond donors (Lipinski definition) is 2. The van der Waals surface area contributed by atoms with Crippen LogP contribution in [0.25, 0.3) is 0 Å². The first-order valence-corrected chi connectivity index (χ1v) is 5.77. The van der Waals surface area contributed by atoms with Gasteiger partial charge in [-0.3, -0.25) is 0 Å². The van der Waals surface area contributed by atoms with Crippen molar-refractivity contribution in [2.24, 2.45) is 5.73 Å². The fourth-order valence-corrected chi connectivity index (χ4v) is 2.53. The number of methoxy groups -OCH3 is 1. The molecule has 0 aromatic rings. The molecule has 0 aromatic carbocycles. The van der Waals surface area contributed by atoms with Crippen LogP contribution in [0.4, 0.5) is 0 Å². The zero-order chi connectivity index (χ0) is 10.0. The molecule has 0 amide bonds. The third-order valence-corrected chi connectivity index (χ3v) is 3.77. The predicted molar refractivity (Wildman–Crippen MR) is 57.2 cm³/mol. The Morgan fingerprint density at radius 1 is 1.36 bits per heavy atom. The summed E-state index contributed by atoms with van der Waals surface area (Å²) in [5.74, 6) is 0. The van der Waals surface area contributed by atoms with Crippen molar-refractivity contribution in [3.05, 3.63) is 0 Å². The SMILES string of the molecule is COC1CC(NCC2(N)CCCC2)C1. The van der Waals surface area contributed by atoms with Crippen LogP contribution in [-0.2, 0) is 4.74 Å². The molecule has 0 saturated heterocycles. The summed E-state index contributed by atoms with van der Waals surface area (Å²) in [5.41, 5.74) is 6.35. The van der Waals surface area contributed by atoms with E-state index in [1.807, 2.05) is 0 Å². The van der Waals surface area contributed by atoms with E-state index in [9.17, 15) is 0 Å². The lowest BCUT2D eigenvalue weighted by Gasteiger charge is -2.37. The molecule has 0 aromatic heterocycles. The quantitative estimate of drug-likeness (QED) is 0.709. The lowest BCUT2D eigenvalue weighted by molar-refractivity contribution is 0.0160. The molecule has 2 saturated carbocycles. The van der Waals surface area contributed by atoms with Gasteiger partial charge >= 0.3 is 0 Å². The highest BCUT2D eigenvalue weighted by molar-refractivity contribution is 4.94. The maximum atomic E-state index is 6.26. The van der Waals surface area contributed by atoms with E-state index >= 15 is 0 Å². The topological polar surface area (TPSA) is 47.3 Å². The molecule has 2 aliphatic rings. The van der Waals surface area contributed by atoms with E-state index in [2.05, 4.69) is 5.32 Å². The summed E-state index contributed by atoms with van der Waals surface area (Å²) in [7, 11) is 1.79. The van der Waals surface area contributed by atoms with Crippen LogP contribution in [0, 0.1) is 0 Å². The van der Waals surface area contributed by atoms with Crippen molar-refractivity contribution >= 4 is 0 Å². The first-order chi connectivity index (χ1) is 6.72. The molecule has 3 nitrogen and oxygen atoms in total. The molecular formula is C11H22N2O. The summed E-state index contributed by atoms with van der Waals surface area (Å²) in [6.45, 7) is 0.994. The van der Waals surface area contributed by atoms with Gasteiger partial charge in [0, 0.05) is 25.2 Å². The predicted octanol–water partition coefficient (Wildman–Crippen LogP) is 1.02. The Bertz CT molecular complexity index is 184. The zero-order valence-electron chi connectivity index (χ0n) is 9.09. The van der Waals surface area contributed by atoms with Gasteiger partial charge in [0.25, 0.3) is 0 Å². The molecule has 0 unspecified atom stereocenters. The second kappa shape index (κ2) is 4.17. The first-order valence-electron chi connectivity index (χ1n) is 5.77. The average molecular weight is 198 g/mol. The van der Waals surface area contributed by atoms with Crippen molar-refractivity contribution in [1.82, 2.24) is 5.32 Å². The van der Waals surface area contributed by atoms with Crippen LogP contribution in [0.5, 0.6) is 0 Å². The summed E-state index contributed by atoms with van der Waals surface area (Å²) in [4.78, 5) is 0. The van der Waals surface area contributed by atoms with Crippen LogP contribution in [0.15, 0.2) is 0 Å². The normalized spacial score (nSPS) is 35.6. The largest absolute Gasteiger partial charge is 0.381 e. The smallest absolute Gasteiger partial charge is 0.0601 e. The van der Waals surface area contributed by atoms with Gasteiger partial charge < -0.3 is 15.8 Å². The molecule has 0 heterocycles. The maximum Gasteiger partial charge on any atom is 0.0601 e. The minimum atomic E-state index is 0.0954. The van der Waals surface area contributed by atoms with Crippen LogP contribution in [0.2, 0.25) is 0 Å². The average Bonchev–Trinajstić information content (AvgIpc) is 2.50. The highest BCUT2D eigenvalue weighted by Crippen LogP contribution is 2.28. The Labute approximate surface area is 86.4 Å². The standard InChI is InChI=1S/C11H22N2O/c1-14-10-6-9(7-10)13-8-11(12)4-2-3-5-11/h9-10,13H,2-8,12H2,1H3. The van der Waals surface area contributed by atoms with Gasteiger partial charge in [0.1, 0.15) is 0 Å². The second-order valence-electron chi connectivity index (χ2n) is 4.98. The Balaban J connectivity index is 1.63. The van der Waals surface area contributed by atoms with Crippen molar-refractivity contribution < 1.29 is 4.74 Å². The molecule has 3 heteroatoms. The monoisotopic (exact) mass is 198 g/mol. The van der Waals surface area contributed by atoms with Gasteiger partial charge in [-0.25, -0.2) is 0 Å². The van der Waals surface area contributed by atoms with Gasteiger partial charge in [0.05, 0.1) is 6.10 Å². The third-order valence-electron chi connectivity index (χ3n) is 3.77. The molecule has 2 rings (SSSR count). The number of rotatable bonds is 4. The lowest BCUT2D eigenvalue weighted by atomic mass is 9.88. The number of hydrogen-bond acceptors (Lipinski definition) is 3. The van der Waals surface area contributed by atoms with Crippen LogP contribution < -0.4 is 11.1 Å². The summed E-state index contributed by atoms with van der Waals surface area (Å²) in [6, 6.07) is 0.654. The fraction of sp³-hybridized carbons (Fsp3) is 1.00. The molecule has 82 valence electrons. The molecule has 14 heavy (non-hydrogen) atoms. The first kappa shape index (κ1) is 10.4. The Morgan fingerprint density at radius 2 is 2.00 bits per heavy atom. The van der Waals surface area contributed by atoms with Gasteiger partial charge in [-0.15, -0.1) is 0 Å². The molecule has 0 spiro atoms. The molecule has 0 aliphatic heterocycles. The van der Waals surface area contributed by atoms with Crippen LogP contribution in [0.3, 0.4) is 0 Å². The van der Waals surface area contributed by atoms with E-state index < -0.39 is 0 Å². The van der Waals surface area contributed by atoms with Crippen molar-refractivity contribution in [1.29, 1.82) is 0 Å². The van der Waals surface area contributed by atoms with Crippen LogP contribution in [0.1, 0.15) is 38.5 Å². The summed E-state index contributed by atoms with van der Waals surface area (Å²) in [5, 5.41) is 3.56. The molecule has 0 atom stereocenters. The molecule has 2 aliphatic carbocycles. The van der Waals surface area contributed by atoms with Crippen molar-refractivity contribution in [3.8, 4) is 0 Å². The summed E-state index contributed by atoms with van der Waals surface area (Å²) in [6.07, 6.45) is 7.82. The lowest BCUT2D eigenvalue weighted by Crippen LogP contribution is -2.53. The molecule has 0 radical (unpaired) electrons. The minimum absolute atomic E-state index is 0.0954. The molecule has 3 N–H and O–H groups in total. The molecular weight excluding hydrogens is 176 g/mol. The van der Waals surface area contributed by atoms with E-state index in [0.29, 0.717) is 12.1 Å². The minimum Gasteiger partial charge on any atom is -0.381 e. The summed E-state index contributed by atoms with van der Waals surface area (Å²) < 4.78 is 5.24. The second-order valence-corrected chi connectivity index (χ2v) is 4.98. The number of nitrogens with two attached hydrogens (primary N) is 1. The van der Waals surface area contributed by atoms with Crippen molar-refractivity contribution in [2.45, 2.75) is 56.2 Å². The summed E-state index contributed by atoms with van der Waals surface area (Å²) >= 11 is 0. The van der Waals surface area contributed by atoms with Crippen LogP contribution in [-0.4, -0.2) is 31.3 Å². The fourth-order valence-electron chi connectivity index (χ4n) is 2.53. The van der Waals surface area contributed by atoms with Gasteiger partial charge in [-0.2, -0.15) is 0 Å². The van der Waals surface area contributed by atoms with Crippen LogP contribution >= 0.6 is 0 Å². The van der Waals surface area contributed by atoms with E-state index in [4.69, 9.17) is 10.5 Å². The van der Waals surface area contributed by atoms with E-state index in [1.54, 1.807) is 7.11 Å². The molecule has 2 fully saturated rings. The number of nitrogens with one attached hydrogen (secondary N) is 1. The Morgan fingerprint density at radius 3 is 2.57 bits per heavy atom. The van der Waals surface area contributed by atoms with Gasteiger partial charge in [0.15, 0.2) is 0 Å². The van der Waals surface area contributed by atoms with E-state index in [1.165, 1.54) is 25.7 Å². The highest BCUT2D eigenvalue weighted by Gasteiger charge is 2.33. The van der Waals surface area contributed by atoms with Crippen molar-refractivity contribution in [2.75, 3.05) is 13.7 Å². The van der Waals surface area contributed by atoms with Gasteiger partial charge in [0.2, 0.25) is 0 Å². The van der Waals surface area contributed by atoms with E-state index in [0.717, 1.165) is 19.4 Å². The Hall–Kier alpha value is -0.120. The highest BCUT2D eigenvalue weighted by atomic mass is 16.5. The Kier molecular flexibility index (Phi) is 3.10. The zero-order valence-corrected chi connectivity index (χ0v) is 9.09. The van der Waals surface area contributed by atoms with Gasteiger partial charge in [-0.1, -0.05) is 12.8 Å².